The molecule has 1 aromatic carbocycles. The molecule has 0 aliphatic heterocycles. The highest BCUT2D eigenvalue weighted by Crippen LogP contribution is 2.15. The van der Waals surface area contributed by atoms with Gasteiger partial charge >= 0.3 is 11.4 Å². The van der Waals surface area contributed by atoms with Gasteiger partial charge in [0.05, 0.1) is 12.3 Å². The number of hydrogen-bond donors (Lipinski definition) is 1. The van der Waals surface area contributed by atoms with Gasteiger partial charge in [0.25, 0.3) is 0 Å². The van der Waals surface area contributed by atoms with E-state index in [-0.39, 0.29) is 18.2 Å². The largest absolute Gasteiger partial charge is 0.354 e. The minimum Gasteiger partial charge on any atom is -0.268 e. The van der Waals surface area contributed by atoms with Crippen molar-refractivity contribution in [2.75, 3.05) is 11.5 Å². The summed E-state index contributed by atoms with van der Waals surface area (Å²) in [6.45, 7) is 1.71. The molecule has 0 aliphatic carbocycles. The maximum atomic E-state index is 12.7. The predicted octanol–water partition coefficient (Wildman–Crippen LogP) is 0.507. The molecule has 0 atom stereocenters. The third-order valence-electron chi connectivity index (χ3n) is 3.24. The fraction of sp³-hybridized carbons (Fsp3) is 0.357. The molecule has 0 saturated heterocycles. The number of halogens is 1. The summed E-state index contributed by atoms with van der Waals surface area (Å²) in [6.07, 6.45) is 0. The SMILES string of the molecule is CCSc1nc(=O)n(CCS(N)(=O)=O)c(=O)n1Cc1ccc(Cl)cc1. The lowest BCUT2D eigenvalue weighted by Crippen LogP contribution is -2.44. The standard InChI is InChI=1S/C14H17ClN4O4S2/c1-2-24-13-17-12(20)18(7-8-25(16,22)23)14(21)19(13)9-10-3-5-11(15)6-4-10/h3-6H,2,7-9H2,1H3,(H2,16,22,23). The Bertz CT molecular complexity index is 968. The van der Waals surface area contributed by atoms with E-state index >= 15 is 0 Å². The highest BCUT2D eigenvalue weighted by molar-refractivity contribution is 7.99. The Morgan fingerprint density at radius 1 is 1.20 bits per heavy atom. The zero-order valence-corrected chi connectivity index (χ0v) is 15.8. The summed E-state index contributed by atoms with van der Waals surface area (Å²) in [5, 5.41) is 5.79. The van der Waals surface area contributed by atoms with E-state index in [2.05, 4.69) is 4.98 Å². The van der Waals surface area contributed by atoms with Crippen molar-refractivity contribution < 1.29 is 8.42 Å². The maximum Gasteiger partial charge on any atom is 0.354 e. The van der Waals surface area contributed by atoms with Crippen LogP contribution in [-0.2, 0) is 23.1 Å². The molecule has 0 fully saturated rings. The molecule has 1 aromatic heterocycles. The molecule has 0 amide bonds. The molecule has 2 N–H and O–H groups in total. The highest BCUT2D eigenvalue weighted by Gasteiger charge is 2.15. The fourth-order valence-electron chi connectivity index (χ4n) is 2.07. The number of thioether (sulfide) groups is 1. The summed E-state index contributed by atoms with van der Waals surface area (Å²) in [7, 11) is -3.81. The lowest BCUT2D eigenvalue weighted by Gasteiger charge is -2.13. The first-order valence-corrected chi connectivity index (χ1v) is 10.4. The van der Waals surface area contributed by atoms with E-state index < -0.39 is 27.2 Å². The molecule has 0 unspecified atom stereocenters. The number of sulfonamides is 1. The van der Waals surface area contributed by atoms with Crippen LogP contribution in [0.25, 0.3) is 0 Å². The zero-order valence-electron chi connectivity index (χ0n) is 13.4. The van der Waals surface area contributed by atoms with E-state index in [1.54, 1.807) is 24.3 Å². The van der Waals surface area contributed by atoms with Crippen LogP contribution in [0.15, 0.2) is 39.0 Å². The molecule has 0 aliphatic rings. The number of aromatic nitrogens is 3. The van der Waals surface area contributed by atoms with Crippen LogP contribution >= 0.6 is 23.4 Å². The molecule has 0 bridgehead atoms. The Labute approximate surface area is 153 Å². The Kier molecular flexibility index (Phi) is 6.44. The summed E-state index contributed by atoms with van der Waals surface area (Å²) in [5.41, 5.74) is -0.630. The molecule has 0 saturated carbocycles. The second-order valence-corrected chi connectivity index (χ2v) is 8.53. The van der Waals surface area contributed by atoms with Gasteiger partial charge in [0.1, 0.15) is 0 Å². The minimum absolute atomic E-state index is 0.182. The van der Waals surface area contributed by atoms with Gasteiger partial charge in [-0.25, -0.2) is 27.7 Å². The van der Waals surface area contributed by atoms with E-state index in [4.69, 9.17) is 16.7 Å². The van der Waals surface area contributed by atoms with E-state index in [1.165, 1.54) is 16.3 Å². The van der Waals surface area contributed by atoms with Gasteiger partial charge in [-0.15, -0.1) is 0 Å². The Morgan fingerprint density at radius 3 is 2.40 bits per heavy atom. The molecule has 1 heterocycles. The monoisotopic (exact) mass is 404 g/mol. The van der Waals surface area contributed by atoms with Crippen LogP contribution < -0.4 is 16.5 Å². The van der Waals surface area contributed by atoms with Gasteiger partial charge in [-0.05, 0) is 23.4 Å². The van der Waals surface area contributed by atoms with Gasteiger partial charge in [-0.3, -0.25) is 4.57 Å². The first kappa shape index (κ1) is 19.7. The van der Waals surface area contributed by atoms with Crippen molar-refractivity contribution in [1.29, 1.82) is 0 Å². The number of nitrogens with zero attached hydrogens (tertiary/aromatic N) is 3. The van der Waals surface area contributed by atoms with Gasteiger partial charge in [0.15, 0.2) is 5.16 Å². The minimum atomic E-state index is -3.81. The zero-order chi connectivity index (χ0) is 18.6. The van der Waals surface area contributed by atoms with Crippen LogP contribution in [0.1, 0.15) is 12.5 Å². The van der Waals surface area contributed by atoms with Gasteiger partial charge in [-0.1, -0.05) is 42.4 Å². The number of rotatable bonds is 7. The Hall–Kier alpha value is -1.62. The number of primary sulfonamides is 1. The Morgan fingerprint density at radius 2 is 1.84 bits per heavy atom. The summed E-state index contributed by atoms with van der Waals surface area (Å²) in [4.78, 5) is 28.7. The van der Waals surface area contributed by atoms with Gasteiger partial charge in [-0.2, -0.15) is 4.98 Å². The summed E-state index contributed by atoms with van der Waals surface area (Å²) in [5.74, 6) is 0.0960. The van der Waals surface area contributed by atoms with Crippen LogP contribution in [0.2, 0.25) is 5.02 Å². The Balaban J connectivity index is 2.49. The van der Waals surface area contributed by atoms with Crippen molar-refractivity contribution in [1.82, 2.24) is 14.1 Å². The van der Waals surface area contributed by atoms with Crippen molar-refractivity contribution in [2.45, 2.75) is 25.2 Å². The van der Waals surface area contributed by atoms with E-state index in [9.17, 15) is 18.0 Å². The second-order valence-electron chi connectivity index (χ2n) is 5.12. The first-order valence-electron chi connectivity index (χ1n) is 7.30. The molecule has 2 rings (SSSR count). The van der Waals surface area contributed by atoms with E-state index in [0.29, 0.717) is 10.8 Å². The molecular formula is C14H17ClN4O4S2. The summed E-state index contributed by atoms with van der Waals surface area (Å²) >= 11 is 7.11. The smallest absolute Gasteiger partial charge is 0.268 e. The maximum absolute atomic E-state index is 12.7. The van der Waals surface area contributed by atoms with Gasteiger partial charge in [0, 0.05) is 11.6 Å². The lowest BCUT2D eigenvalue weighted by atomic mass is 10.2. The molecule has 136 valence electrons. The predicted molar refractivity (Wildman–Crippen MR) is 97.7 cm³/mol. The molecule has 0 spiro atoms. The van der Waals surface area contributed by atoms with Crippen LogP contribution in [0, 0.1) is 0 Å². The average molecular weight is 405 g/mol. The highest BCUT2D eigenvalue weighted by atomic mass is 35.5. The van der Waals surface area contributed by atoms with Crippen molar-refractivity contribution in [2.24, 2.45) is 5.14 Å². The van der Waals surface area contributed by atoms with E-state index in [1.807, 2.05) is 6.92 Å². The topological polar surface area (TPSA) is 117 Å². The molecule has 11 heteroatoms. The van der Waals surface area contributed by atoms with Gasteiger partial charge in [0.2, 0.25) is 10.0 Å². The third-order valence-corrected chi connectivity index (χ3v) is 5.10. The van der Waals surface area contributed by atoms with Gasteiger partial charge < -0.3 is 0 Å². The molecule has 8 nitrogen and oxygen atoms in total. The molecule has 25 heavy (non-hydrogen) atoms. The molecular weight excluding hydrogens is 388 g/mol. The van der Waals surface area contributed by atoms with Crippen molar-refractivity contribution >= 4 is 33.4 Å². The lowest BCUT2D eigenvalue weighted by molar-refractivity contribution is 0.514. The van der Waals surface area contributed by atoms with Crippen molar-refractivity contribution in [3.8, 4) is 0 Å². The summed E-state index contributed by atoms with van der Waals surface area (Å²) < 4.78 is 24.4. The normalized spacial score (nSPS) is 11.6. The van der Waals surface area contributed by atoms with Crippen molar-refractivity contribution in [3.63, 3.8) is 0 Å². The van der Waals surface area contributed by atoms with Crippen LogP contribution in [0.4, 0.5) is 0 Å². The van der Waals surface area contributed by atoms with E-state index in [0.717, 1.165) is 10.1 Å². The molecule has 2 aromatic rings. The third kappa shape index (κ3) is 5.43. The summed E-state index contributed by atoms with van der Waals surface area (Å²) in [6, 6.07) is 6.90. The number of hydrogen-bond acceptors (Lipinski definition) is 6. The van der Waals surface area contributed by atoms with Crippen LogP contribution in [-0.4, -0.2) is 34.0 Å². The second kappa shape index (κ2) is 8.17. The number of nitrogens with two attached hydrogens (primary N) is 1. The van der Waals surface area contributed by atoms with Crippen molar-refractivity contribution in [3.05, 3.63) is 55.8 Å². The quantitative estimate of drug-likeness (QED) is 0.672. The van der Waals surface area contributed by atoms with Crippen LogP contribution in [0.3, 0.4) is 0 Å². The first-order chi connectivity index (χ1) is 11.7. The molecule has 0 radical (unpaired) electrons. The van der Waals surface area contributed by atoms with Crippen LogP contribution in [0.5, 0.6) is 0 Å². The average Bonchev–Trinajstić information content (AvgIpc) is 2.52. The fourth-order valence-corrected chi connectivity index (χ4v) is 3.33. The number of benzene rings is 1.